The van der Waals surface area contributed by atoms with Crippen molar-refractivity contribution >= 4 is 11.8 Å². The van der Waals surface area contributed by atoms with Gasteiger partial charge in [-0.25, -0.2) is 0 Å². The van der Waals surface area contributed by atoms with Crippen molar-refractivity contribution in [2.45, 2.75) is 70.2 Å². The molecule has 1 aliphatic rings. The molecule has 1 heterocycles. The summed E-state index contributed by atoms with van der Waals surface area (Å²) in [6, 6.07) is -0.984. The topological polar surface area (TPSA) is 165 Å². The van der Waals surface area contributed by atoms with Gasteiger partial charge in [0.05, 0.1) is 46.2 Å². The largest absolute Gasteiger partial charge is 0.394 e. The van der Waals surface area contributed by atoms with Gasteiger partial charge in [-0.3, -0.25) is 9.59 Å². The van der Waals surface area contributed by atoms with Crippen molar-refractivity contribution in [1.29, 1.82) is 0 Å². The summed E-state index contributed by atoms with van der Waals surface area (Å²) in [5.41, 5.74) is 0. The SMILES string of the molecule is CCCCCCNC(=O)COCCOCCOCCO[C@@H]1O[C@H](CO)[C@H](O)[C@H](O)[C@H]1NC(C)=O. The van der Waals surface area contributed by atoms with Crippen LogP contribution in [0.4, 0.5) is 0 Å². The molecule has 0 spiro atoms. The Labute approximate surface area is 201 Å². The van der Waals surface area contributed by atoms with Gasteiger partial charge in [0.25, 0.3) is 0 Å². The number of aliphatic hydroxyl groups is 3. The molecule has 200 valence electrons. The molecular formula is C22H42N2O10. The van der Waals surface area contributed by atoms with E-state index in [0.717, 1.165) is 19.3 Å². The van der Waals surface area contributed by atoms with Crippen LogP contribution in [0, 0.1) is 0 Å². The third-order valence-electron chi connectivity index (χ3n) is 5.09. The Bertz CT molecular complexity index is 554. The van der Waals surface area contributed by atoms with E-state index in [0.29, 0.717) is 33.0 Å². The van der Waals surface area contributed by atoms with Crippen LogP contribution in [0.5, 0.6) is 0 Å². The molecule has 5 atom stereocenters. The molecule has 0 aromatic carbocycles. The van der Waals surface area contributed by atoms with Crippen molar-refractivity contribution < 1.29 is 48.6 Å². The zero-order valence-corrected chi connectivity index (χ0v) is 20.3. The van der Waals surface area contributed by atoms with Crippen LogP contribution in [-0.4, -0.2) is 117 Å². The molecule has 34 heavy (non-hydrogen) atoms. The molecule has 12 heteroatoms. The molecule has 1 saturated heterocycles. The summed E-state index contributed by atoms with van der Waals surface area (Å²) in [5, 5.41) is 34.8. The minimum atomic E-state index is -1.36. The van der Waals surface area contributed by atoms with Crippen LogP contribution >= 0.6 is 0 Å². The minimum Gasteiger partial charge on any atom is -0.394 e. The number of nitrogens with one attached hydrogen (secondary N) is 2. The first-order valence-electron chi connectivity index (χ1n) is 11.9. The molecule has 0 aliphatic carbocycles. The van der Waals surface area contributed by atoms with Gasteiger partial charge < -0.3 is 49.6 Å². The molecule has 0 unspecified atom stereocenters. The predicted molar refractivity (Wildman–Crippen MR) is 121 cm³/mol. The lowest BCUT2D eigenvalue weighted by Crippen LogP contribution is -2.64. The number of hydrogen-bond donors (Lipinski definition) is 5. The molecule has 0 aromatic rings. The van der Waals surface area contributed by atoms with Crippen LogP contribution in [0.15, 0.2) is 0 Å². The number of hydrogen-bond acceptors (Lipinski definition) is 10. The van der Waals surface area contributed by atoms with E-state index in [-0.39, 0.29) is 25.7 Å². The second kappa shape index (κ2) is 18.9. The fraction of sp³-hybridized carbons (Fsp3) is 0.909. The summed E-state index contributed by atoms with van der Waals surface area (Å²) < 4.78 is 27.0. The van der Waals surface area contributed by atoms with Crippen molar-refractivity contribution in [1.82, 2.24) is 10.6 Å². The highest BCUT2D eigenvalue weighted by molar-refractivity contribution is 5.77. The Balaban J connectivity index is 2.05. The van der Waals surface area contributed by atoms with E-state index in [2.05, 4.69) is 17.6 Å². The molecule has 1 aliphatic heterocycles. The molecule has 1 rings (SSSR count). The average Bonchev–Trinajstić information content (AvgIpc) is 2.81. The van der Waals surface area contributed by atoms with Crippen LogP contribution < -0.4 is 10.6 Å². The zero-order valence-electron chi connectivity index (χ0n) is 20.3. The van der Waals surface area contributed by atoms with Crippen molar-refractivity contribution in [3.8, 4) is 0 Å². The number of unbranched alkanes of at least 4 members (excludes halogenated alkanes) is 3. The molecule has 5 N–H and O–H groups in total. The highest BCUT2D eigenvalue weighted by Crippen LogP contribution is 2.22. The monoisotopic (exact) mass is 494 g/mol. The Morgan fingerprint density at radius 1 is 0.912 bits per heavy atom. The van der Waals surface area contributed by atoms with Gasteiger partial charge in [-0.05, 0) is 6.42 Å². The predicted octanol–water partition coefficient (Wildman–Crippen LogP) is -1.31. The first-order valence-corrected chi connectivity index (χ1v) is 11.9. The van der Waals surface area contributed by atoms with Gasteiger partial charge in [0, 0.05) is 13.5 Å². The van der Waals surface area contributed by atoms with Crippen LogP contribution in [-0.2, 0) is 33.3 Å². The maximum atomic E-state index is 11.6. The molecule has 0 aromatic heterocycles. The Morgan fingerprint density at radius 3 is 2.18 bits per heavy atom. The van der Waals surface area contributed by atoms with Crippen molar-refractivity contribution in [2.75, 3.05) is 59.4 Å². The van der Waals surface area contributed by atoms with Crippen LogP contribution in [0.25, 0.3) is 0 Å². The summed E-state index contributed by atoms with van der Waals surface area (Å²) in [6.07, 6.45) is -0.363. The smallest absolute Gasteiger partial charge is 0.245 e. The van der Waals surface area contributed by atoms with Gasteiger partial charge >= 0.3 is 0 Å². The lowest BCUT2D eigenvalue weighted by Gasteiger charge is -2.42. The van der Waals surface area contributed by atoms with Crippen molar-refractivity contribution in [3.05, 3.63) is 0 Å². The molecule has 0 bridgehead atoms. The number of ether oxygens (including phenoxy) is 5. The van der Waals surface area contributed by atoms with E-state index >= 15 is 0 Å². The molecular weight excluding hydrogens is 452 g/mol. The fourth-order valence-corrected chi connectivity index (χ4v) is 3.27. The van der Waals surface area contributed by atoms with Gasteiger partial charge in [0.15, 0.2) is 6.29 Å². The van der Waals surface area contributed by atoms with E-state index in [1.165, 1.54) is 13.3 Å². The summed E-state index contributed by atoms with van der Waals surface area (Å²) in [7, 11) is 0. The maximum Gasteiger partial charge on any atom is 0.245 e. The number of carbonyl (C=O) groups excluding carboxylic acids is 2. The van der Waals surface area contributed by atoms with Gasteiger partial charge in [-0.15, -0.1) is 0 Å². The summed E-state index contributed by atoms with van der Waals surface area (Å²) in [4.78, 5) is 23.0. The third-order valence-corrected chi connectivity index (χ3v) is 5.09. The standard InChI is InChI=1S/C22H42N2O10/c1-3-4-5-6-7-23-18(27)15-32-11-10-30-8-9-31-12-13-33-22-19(24-16(2)26)21(29)20(28)17(14-25)34-22/h17,19-22,25,28-29H,3-15H2,1-2H3,(H,23,27)(H,24,26)/t17-,19-,20+,21-,22-/m1/s1. The van der Waals surface area contributed by atoms with Gasteiger partial charge in [-0.2, -0.15) is 0 Å². The first kappa shape index (κ1) is 30.7. The first-order chi connectivity index (χ1) is 16.4. The number of aliphatic hydroxyl groups excluding tert-OH is 3. The Kier molecular flexibility index (Phi) is 17.0. The summed E-state index contributed by atoms with van der Waals surface area (Å²) in [5.74, 6) is -0.550. The Hall–Kier alpha value is -1.38. The molecule has 12 nitrogen and oxygen atoms in total. The normalized spacial score (nSPS) is 24.7. The maximum absolute atomic E-state index is 11.6. The van der Waals surface area contributed by atoms with E-state index < -0.39 is 43.2 Å². The van der Waals surface area contributed by atoms with E-state index in [4.69, 9.17) is 23.7 Å². The summed E-state index contributed by atoms with van der Waals surface area (Å²) >= 11 is 0. The lowest BCUT2D eigenvalue weighted by molar-refractivity contribution is -0.272. The van der Waals surface area contributed by atoms with Gasteiger partial charge in [-0.1, -0.05) is 26.2 Å². The van der Waals surface area contributed by atoms with Crippen molar-refractivity contribution in [2.24, 2.45) is 0 Å². The third kappa shape index (κ3) is 12.9. The number of carbonyl (C=O) groups is 2. The second-order valence-corrected chi connectivity index (χ2v) is 7.99. The van der Waals surface area contributed by atoms with Gasteiger partial charge in [0.1, 0.15) is 31.0 Å². The van der Waals surface area contributed by atoms with Crippen LogP contribution in [0.3, 0.4) is 0 Å². The highest BCUT2D eigenvalue weighted by Gasteiger charge is 2.45. The molecule has 0 radical (unpaired) electrons. The van der Waals surface area contributed by atoms with E-state index in [1.54, 1.807) is 0 Å². The second-order valence-electron chi connectivity index (χ2n) is 7.99. The van der Waals surface area contributed by atoms with Gasteiger partial charge in [0.2, 0.25) is 11.8 Å². The zero-order chi connectivity index (χ0) is 25.2. The number of amides is 2. The summed E-state index contributed by atoms with van der Waals surface area (Å²) in [6.45, 7) is 5.16. The Morgan fingerprint density at radius 2 is 1.56 bits per heavy atom. The fourth-order valence-electron chi connectivity index (χ4n) is 3.27. The number of rotatable bonds is 19. The van der Waals surface area contributed by atoms with E-state index in [9.17, 15) is 24.9 Å². The lowest BCUT2D eigenvalue weighted by atomic mass is 9.97. The molecule has 0 saturated carbocycles. The molecule has 2 amide bonds. The quantitative estimate of drug-likeness (QED) is 0.136. The highest BCUT2D eigenvalue weighted by atomic mass is 16.7. The average molecular weight is 495 g/mol. The van der Waals surface area contributed by atoms with Crippen LogP contribution in [0.2, 0.25) is 0 Å². The van der Waals surface area contributed by atoms with Crippen LogP contribution in [0.1, 0.15) is 39.5 Å². The van der Waals surface area contributed by atoms with Crippen molar-refractivity contribution in [3.63, 3.8) is 0 Å². The van der Waals surface area contributed by atoms with E-state index in [1.807, 2.05) is 0 Å². The molecule has 1 fully saturated rings. The minimum absolute atomic E-state index is 0.0105.